The Bertz CT molecular complexity index is 207. The second-order valence-corrected chi connectivity index (χ2v) is 3.14. The molecule has 0 aliphatic carbocycles. The van der Waals surface area contributed by atoms with Crippen LogP contribution in [0.2, 0.25) is 0 Å². The average Bonchev–Trinajstić information content (AvgIpc) is 2.14. The highest BCUT2D eigenvalue weighted by atomic mass is 127. The minimum Gasteiger partial charge on any atom is -0.436 e. The lowest BCUT2D eigenvalue weighted by Crippen LogP contribution is -2.28. The van der Waals surface area contributed by atoms with Crippen molar-refractivity contribution < 1.29 is 9.53 Å². The largest absolute Gasteiger partial charge is 0.436 e. The number of hydrogen-bond acceptors (Lipinski definition) is 2. The zero-order chi connectivity index (χ0) is 10.1. The number of carbonyl (C=O) groups excluding carboxylic acids is 1. The smallest absolute Gasteiger partial charge is 0.410 e. The maximum Gasteiger partial charge on any atom is 0.410 e. The topological polar surface area (TPSA) is 29.5 Å². The van der Waals surface area contributed by atoms with E-state index in [9.17, 15) is 4.79 Å². The summed E-state index contributed by atoms with van der Waals surface area (Å²) in [6.07, 6.45) is 1.78. The molecule has 4 heteroatoms. The molecule has 0 aromatic carbocycles. The quantitative estimate of drug-likeness (QED) is 0.588. The molecule has 0 aromatic heterocycles. The fraction of sp³-hybridized carbons (Fsp3) is 0.667. The van der Waals surface area contributed by atoms with Gasteiger partial charge in [-0.3, -0.25) is 0 Å². The first-order valence-electron chi connectivity index (χ1n) is 4.18. The first kappa shape index (κ1) is 12.6. The molecule has 1 amide bonds. The van der Waals surface area contributed by atoms with Gasteiger partial charge in [-0.05, 0) is 10.3 Å². The van der Waals surface area contributed by atoms with Crippen LogP contribution >= 0.6 is 22.6 Å². The van der Waals surface area contributed by atoms with Crippen LogP contribution in [0, 0.1) is 9.85 Å². The summed E-state index contributed by atoms with van der Waals surface area (Å²) in [7, 11) is 1.73. The number of amides is 1. The molecule has 0 heterocycles. The number of ether oxygens (including phenoxy) is 1. The number of hydrogen-bond donors (Lipinski definition) is 0. The van der Waals surface area contributed by atoms with Crippen molar-refractivity contribution in [3.05, 3.63) is 0 Å². The van der Waals surface area contributed by atoms with Crippen LogP contribution in [0.25, 0.3) is 0 Å². The van der Waals surface area contributed by atoms with E-state index < -0.39 is 0 Å². The summed E-state index contributed by atoms with van der Waals surface area (Å²) in [6.45, 7) is 3.01. The Morgan fingerprint density at radius 2 is 2.31 bits per heavy atom. The first-order valence-corrected chi connectivity index (χ1v) is 5.26. The highest BCUT2D eigenvalue weighted by Gasteiger charge is 2.07. The number of carbonyl (C=O) groups is 1. The van der Waals surface area contributed by atoms with Crippen molar-refractivity contribution in [1.82, 2.24) is 4.90 Å². The Hall–Kier alpha value is -0.440. The van der Waals surface area contributed by atoms with Gasteiger partial charge in [0, 0.05) is 36.2 Å². The molecule has 0 spiro atoms. The van der Waals surface area contributed by atoms with Crippen molar-refractivity contribution >= 4 is 28.7 Å². The highest BCUT2D eigenvalue weighted by Crippen LogP contribution is 1.94. The van der Waals surface area contributed by atoms with E-state index in [-0.39, 0.29) is 12.7 Å². The normalized spacial score (nSPS) is 8.54. The molecule has 3 nitrogen and oxygen atoms in total. The van der Waals surface area contributed by atoms with E-state index in [0.717, 1.165) is 19.4 Å². The minimum absolute atomic E-state index is 0.179. The van der Waals surface area contributed by atoms with Gasteiger partial charge >= 0.3 is 6.09 Å². The van der Waals surface area contributed by atoms with Crippen molar-refractivity contribution in [2.45, 2.75) is 19.8 Å². The number of halogens is 1. The first-order chi connectivity index (χ1) is 6.22. The van der Waals surface area contributed by atoms with Crippen molar-refractivity contribution in [3.8, 4) is 9.85 Å². The van der Waals surface area contributed by atoms with Crippen molar-refractivity contribution in [3.63, 3.8) is 0 Å². The lowest BCUT2D eigenvalue weighted by atomic mass is 10.3. The van der Waals surface area contributed by atoms with Crippen LogP contribution in [0.4, 0.5) is 4.79 Å². The Kier molecular flexibility index (Phi) is 7.90. The molecule has 74 valence electrons. The van der Waals surface area contributed by atoms with Crippen LogP contribution in [0.3, 0.4) is 0 Å². The molecule has 0 bridgehead atoms. The monoisotopic (exact) mass is 295 g/mol. The second-order valence-electron chi connectivity index (χ2n) is 2.60. The maximum atomic E-state index is 11.2. The van der Waals surface area contributed by atoms with Gasteiger partial charge in [-0.2, -0.15) is 0 Å². The Morgan fingerprint density at radius 3 is 2.85 bits per heavy atom. The molecule has 0 unspecified atom stereocenters. The molecule has 0 radical (unpaired) electrons. The number of rotatable bonds is 4. The summed E-state index contributed by atoms with van der Waals surface area (Å²) < 4.78 is 7.48. The van der Waals surface area contributed by atoms with Gasteiger partial charge in [-0.15, -0.1) is 0 Å². The van der Waals surface area contributed by atoms with E-state index in [1.165, 1.54) is 0 Å². The average molecular weight is 295 g/mol. The van der Waals surface area contributed by atoms with Crippen molar-refractivity contribution in [2.24, 2.45) is 0 Å². The van der Waals surface area contributed by atoms with Gasteiger partial charge in [0.25, 0.3) is 0 Å². The Balaban J connectivity index is 3.60. The molecule has 0 aromatic rings. The number of unbranched alkanes of at least 4 members (excludes halogenated alkanes) is 1. The fourth-order valence-electron chi connectivity index (χ4n) is 0.722. The highest BCUT2D eigenvalue weighted by molar-refractivity contribution is 14.1. The molecule has 0 saturated heterocycles. The van der Waals surface area contributed by atoms with Gasteiger partial charge in [-0.1, -0.05) is 19.3 Å². The van der Waals surface area contributed by atoms with Gasteiger partial charge < -0.3 is 9.64 Å². The SMILES string of the molecule is CCCCN(C)C(=O)OCC#CI. The zero-order valence-corrected chi connectivity index (χ0v) is 10.1. The van der Waals surface area contributed by atoms with E-state index >= 15 is 0 Å². The third-order valence-electron chi connectivity index (χ3n) is 1.49. The maximum absolute atomic E-state index is 11.2. The lowest BCUT2D eigenvalue weighted by Gasteiger charge is -2.14. The molecule has 0 aliphatic heterocycles. The van der Waals surface area contributed by atoms with E-state index in [1.807, 2.05) is 22.6 Å². The second kappa shape index (κ2) is 8.17. The van der Waals surface area contributed by atoms with Gasteiger partial charge in [0.15, 0.2) is 6.61 Å². The summed E-state index contributed by atoms with van der Waals surface area (Å²) in [6, 6.07) is 0. The van der Waals surface area contributed by atoms with Gasteiger partial charge in [0.05, 0.1) is 0 Å². The van der Waals surface area contributed by atoms with Crippen molar-refractivity contribution in [2.75, 3.05) is 20.2 Å². The summed E-state index contributed by atoms with van der Waals surface area (Å²) in [4.78, 5) is 12.7. The summed E-state index contributed by atoms with van der Waals surface area (Å²) in [5, 5.41) is 0. The van der Waals surface area contributed by atoms with Crippen LogP contribution in [0.15, 0.2) is 0 Å². The standard InChI is InChI=1S/C9H14INO2/c1-3-4-7-11(2)9(12)13-8-5-6-10/h3-4,7-8H2,1-2H3. The van der Waals surface area contributed by atoms with Gasteiger partial charge in [-0.25, -0.2) is 4.79 Å². The molecule has 0 rings (SSSR count). The van der Waals surface area contributed by atoms with E-state index in [2.05, 4.69) is 16.8 Å². The summed E-state index contributed by atoms with van der Waals surface area (Å²) in [5.74, 6) is 2.66. The molecule has 0 aliphatic rings. The number of nitrogens with zero attached hydrogens (tertiary/aromatic N) is 1. The van der Waals surface area contributed by atoms with Gasteiger partial charge in [0.1, 0.15) is 0 Å². The Morgan fingerprint density at radius 1 is 1.62 bits per heavy atom. The van der Waals surface area contributed by atoms with Crippen LogP contribution in [0.1, 0.15) is 19.8 Å². The summed E-state index contributed by atoms with van der Waals surface area (Å²) >= 11 is 1.91. The molecule has 13 heavy (non-hydrogen) atoms. The lowest BCUT2D eigenvalue weighted by molar-refractivity contribution is 0.123. The van der Waals surface area contributed by atoms with E-state index in [4.69, 9.17) is 4.74 Å². The fourth-order valence-corrected chi connectivity index (χ4v) is 0.878. The van der Waals surface area contributed by atoms with Crippen LogP contribution in [0.5, 0.6) is 0 Å². The third kappa shape index (κ3) is 6.70. The predicted molar refractivity (Wildman–Crippen MR) is 60.7 cm³/mol. The van der Waals surface area contributed by atoms with E-state index in [1.54, 1.807) is 11.9 Å². The van der Waals surface area contributed by atoms with Crippen LogP contribution in [-0.4, -0.2) is 31.2 Å². The third-order valence-corrected chi connectivity index (χ3v) is 1.87. The minimum atomic E-state index is -0.299. The molecular weight excluding hydrogens is 281 g/mol. The van der Waals surface area contributed by atoms with Crippen LogP contribution < -0.4 is 0 Å². The summed E-state index contributed by atoms with van der Waals surface area (Å²) in [5.41, 5.74) is 0. The molecule has 0 fully saturated rings. The zero-order valence-electron chi connectivity index (χ0n) is 7.97. The molecule has 0 saturated carbocycles. The molecule has 0 atom stereocenters. The predicted octanol–water partition coefficient (Wildman–Crippen LogP) is 2.25. The molecular formula is C9H14INO2. The van der Waals surface area contributed by atoms with Crippen LogP contribution in [-0.2, 0) is 4.74 Å². The Labute approximate surface area is 93.0 Å². The van der Waals surface area contributed by atoms with Gasteiger partial charge in [0.2, 0.25) is 0 Å². The van der Waals surface area contributed by atoms with E-state index in [0.29, 0.717) is 0 Å². The van der Waals surface area contributed by atoms with Crippen molar-refractivity contribution in [1.29, 1.82) is 0 Å². The molecule has 0 N–H and O–H groups in total.